The fourth-order valence-corrected chi connectivity index (χ4v) is 10.9. The molecule has 0 heterocycles. The van der Waals surface area contributed by atoms with E-state index in [1.807, 2.05) is 33.3 Å². The van der Waals surface area contributed by atoms with Crippen molar-refractivity contribution in [3.8, 4) is 0 Å². The molecule has 0 fully saturated rings. The van der Waals surface area contributed by atoms with Crippen LogP contribution in [0.3, 0.4) is 0 Å². The van der Waals surface area contributed by atoms with Gasteiger partial charge in [0.25, 0.3) is 7.82 Å². The van der Waals surface area contributed by atoms with Crippen molar-refractivity contribution < 1.29 is 37.3 Å². The molecule has 0 saturated heterocycles. The van der Waals surface area contributed by atoms with Crippen LogP contribution in [-0.4, -0.2) is 69.4 Å². The Morgan fingerprint density at radius 3 is 1.09 bits per heavy atom. The number of ether oxygens (including phenoxy) is 1. The molecule has 0 aliphatic carbocycles. The molecule has 0 saturated carbocycles. The lowest BCUT2D eigenvalue weighted by Gasteiger charge is -2.30. The monoisotopic (exact) mass is 1270 g/mol. The first-order chi connectivity index (χ1) is 43.9. The summed E-state index contributed by atoms with van der Waals surface area (Å²) in [5.41, 5.74) is 0. The molecule has 0 spiro atoms. The Morgan fingerprint density at radius 2 is 0.711 bits per heavy atom. The molecule has 0 aliphatic heterocycles. The van der Waals surface area contributed by atoms with Gasteiger partial charge in [0.2, 0.25) is 5.91 Å². The van der Waals surface area contributed by atoms with Crippen LogP contribution in [0.5, 0.6) is 0 Å². The summed E-state index contributed by atoms with van der Waals surface area (Å²) in [7, 11) is 1.16. The predicted molar refractivity (Wildman–Crippen MR) is 390 cm³/mol. The smallest absolute Gasteiger partial charge is 0.306 e. The Hall–Kier alpha value is -3.85. The SMILES string of the molecule is CC/C=C\C/C=C\C/C=C\C/C=C\C/C=C\C/C=C\CCCCCCCCC(=O)OC(/C=C/CCCCCCCCCCCC)C(COP(=O)([O-])OCC[N+](C)(C)C)NC(=O)CCCCCCCCCCCCC/C=C\C/C=C\C/C=C\C/C=C\CCCCC. The third kappa shape index (κ3) is 68.5. The largest absolute Gasteiger partial charge is 0.756 e. The topological polar surface area (TPSA) is 114 Å². The second-order valence-corrected chi connectivity index (χ2v) is 27.1. The number of hydrogen-bond acceptors (Lipinski definition) is 7. The number of allylic oxidation sites excluding steroid dienone is 21. The molecule has 516 valence electrons. The van der Waals surface area contributed by atoms with E-state index in [-0.39, 0.29) is 24.9 Å². The van der Waals surface area contributed by atoms with Gasteiger partial charge in [0, 0.05) is 12.8 Å². The van der Waals surface area contributed by atoms with Gasteiger partial charge >= 0.3 is 5.97 Å². The molecule has 0 aliphatic rings. The molecule has 9 nitrogen and oxygen atoms in total. The quantitative estimate of drug-likeness (QED) is 0.0212. The fourth-order valence-electron chi connectivity index (χ4n) is 10.2. The van der Waals surface area contributed by atoms with E-state index in [0.29, 0.717) is 23.9 Å². The van der Waals surface area contributed by atoms with Gasteiger partial charge in [-0.1, -0.05) is 302 Å². The van der Waals surface area contributed by atoms with E-state index >= 15 is 0 Å². The molecule has 0 aromatic carbocycles. The zero-order valence-corrected chi connectivity index (χ0v) is 59.9. The van der Waals surface area contributed by atoms with Crippen LogP contribution in [-0.2, 0) is 27.9 Å². The van der Waals surface area contributed by atoms with E-state index < -0.39 is 26.6 Å². The lowest BCUT2D eigenvalue weighted by atomic mass is 10.0. The minimum absolute atomic E-state index is 0.0320. The number of unbranched alkanes of at least 4 members (excludes halogenated alkanes) is 30. The lowest BCUT2D eigenvalue weighted by Crippen LogP contribution is -2.47. The molecule has 90 heavy (non-hydrogen) atoms. The fraction of sp³-hybridized carbons (Fsp3) is 0.700. The van der Waals surface area contributed by atoms with Crippen molar-refractivity contribution in [3.63, 3.8) is 0 Å². The molecular formula is C80H139N2O7P. The number of nitrogens with one attached hydrogen (secondary N) is 1. The van der Waals surface area contributed by atoms with Crippen LogP contribution in [0.2, 0.25) is 0 Å². The van der Waals surface area contributed by atoms with Gasteiger partial charge in [-0.05, 0) is 128 Å². The first kappa shape index (κ1) is 86.2. The number of phosphoric acid groups is 1. The number of esters is 1. The number of rotatable bonds is 66. The van der Waals surface area contributed by atoms with Crippen LogP contribution in [0, 0.1) is 0 Å². The summed E-state index contributed by atoms with van der Waals surface area (Å²) in [5, 5.41) is 3.04. The highest BCUT2D eigenvalue weighted by atomic mass is 31.2. The average molecular weight is 1270 g/mol. The van der Waals surface area contributed by atoms with Gasteiger partial charge in [0.05, 0.1) is 33.8 Å². The number of quaternary nitrogens is 1. The molecule has 10 heteroatoms. The van der Waals surface area contributed by atoms with Crippen LogP contribution < -0.4 is 10.2 Å². The number of hydrogen-bond donors (Lipinski definition) is 1. The van der Waals surface area contributed by atoms with Crippen molar-refractivity contribution in [3.05, 3.63) is 134 Å². The van der Waals surface area contributed by atoms with Gasteiger partial charge in [-0.3, -0.25) is 14.2 Å². The highest BCUT2D eigenvalue weighted by Gasteiger charge is 2.27. The normalized spacial score (nSPS) is 14.3. The molecule has 0 radical (unpaired) electrons. The molecule has 1 amide bonds. The van der Waals surface area contributed by atoms with Gasteiger partial charge in [0.1, 0.15) is 19.3 Å². The Bertz CT molecular complexity index is 2000. The number of likely N-dealkylation sites (N-methyl/N-ethyl adjacent to an activating group) is 1. The van der Waals surface area contributed by atoms with Crippen molar-refractivity contribution in [2.24, 2.45) is 0 Å². The standard InChI is InChI=1S/C80H139N2O7P/c1-7-10-13-16-19-22-25-28-30-32-34-36-38-40-41-43-44-46-48-50-52-54-57-60-63-66-69-72-79(83)81-77(76-88-90(85,86)87-75-74-82(4,5)6)78(71-68-65-62-59-56-27-24-21-18-15-12-9-3)89-80(84)73-70-67-64-61-58-55-53-51-49-47-45-42-39-37-35-33-31-29-26-23-20-17-14-11-8-2/h11,14,19-20,22-23,28-31,34-37,40-42,45,49,51,68,71,77-78H,7-10,12-13,15-18,21,24-27,32-33,38-39,43-44,46-48,50,52-67,69-70,72-76H2,1-6H3,(H-,81,83,85,86)/b14-11-,22-19-,23-20-,30-28-,31-29-,36-34-,37-35-,41-40-,45-42-,51-49-,71-68+. The Morgan fingerprint density at radius 1 is 0.400 bits per heavy atom. The maximum Gasteiger partial charge on any atom is 0.306 e. The number of amides is 1. The molecule has 0 aromatic heterocycles. The third-order valence-electron chi connectivity index (χ3n) is 15.8. The van der Waals surface area contributed by atoms with E-state index in [1.54, 1.807) is 0 Å². The Balaban J connectivity index is 5.08. The summed E-state index contributed by atoms with van der Waals surface area (Å²) in [6.45, 7) is 6.70. The van der Waals surface area contributed by atoms with E-state index in [1.165, 1.54) is 128 Å². The van der Waals surface area contributed by atoms with Crippen LogP contribution >= 0.6 is 7.82 Å². The molecule has 0 aromatic rings. The van der Waals surface area contributed by atoms with E-state index in [2.05, 4.69) is 148 Å². The number of carbonyl (C=O) groups is 2. The maximum atomic E-state index is 13.6. The summed E-state index contributed by atoms with van der Waals surface area (Å²) < 4.78 is 30.5. The first-order valence-corrected chi connectivity index (χ1v) is 38.5. The van der Waals surface area contributed by atoms with Gasteiger partial charge in [-0.15, -0.1) is 0 Å². The average Bonchev–Trinajstić information content (AvgIpc) is 3.11. The van der Waals surface area contributed by atoms with Crippen molar-refractivity contribution in [1.29, 1.82) is 0 Å². The molecule has 1 N–H and O–H groups in total. The highest BCUT2D eigenvalue weighted by Crippen LogP contribution is 2.38. The summed E-state index contributed by atoms with van der Waals surface area (Å²) in [6, 6.07) is -0.907. The van der Waals surface area contributed by atoms with Gasteiger partial charge in [-0.2, -0.15) is 0 Å². The van der Waals surface area contributed by atoms with E-state index in [4.69, 9.17) is 13.8 Å². The Labute approximate surface area is 556 Å². The summed E-state index contributed by atoms with van der Waals surface area (Å²) in [4.78, 5) is 40.3. The van der Waals surface area contributed by atoms with Crippen LogP contribution in [0.4, 0.5) is 0 Å². The molecule has 3 unspecified atom stereocenters. The van der Waals surface area contributed by atoms with Gasteiger partial charge in [-0.25, -0.2) is 0 Å². The van der Waals surface area contributed by atoms with Gasteiger partial charge < -0.3 is 28.5 Å². The number of phosphoric ester groups is 1. The molecule has 0 bridgehead atoms. The minimum atomic E-state index is -4.72. The number of nitrogens with zero attached hydrogens (tertiary/aromatic N) is 1. The van der Waals surface area contributed by atoms with Crippen LogP contribution in [0.15, 0.2) is 134 Å². The van der Waals surface area contributed by atoms with Gasteiger partial charge in [0.15, 0.2) is 0 Å². The number of carbonyl (C=O) groups excluding carboxylic acids is 2. The van der Waals surface area contributed by atoms with E-state index in [9.17, 15) is 19.0 Å². The second-order valence-electron chi connectivity index (χ2n) is 25.7. The van der Waals surface area contributed by atoms with Crippen molar-refractivity contribution >= 4 is 19.7 Å². The third-order valence-corrected chi connectivity index (χ3v) is 16.8. The van der Waals surface area contributed by atoms with Crippen molar-refractivity contribution in [2.45, 2.75) is 322 Å². The molecular weight excluding hydrogens is 1130 g/mol. The van der Waals surface area contributed by atoms with Crippen molar-refractivity contribution in [1.82, 2.24) is 5.32 Å². The van der Waals surface area contributed by atoms with E-state index in [0.717, 1.165) is 141 Å². The zero-order valence-electron chi connectivity index (χ0n) is 59.0. The first-order valence-electron chi connectivity index (χ1n) is 37.0. The lowest BCUT2D eigenvalue weighted by molar-refractivity contribution is -0.870. The summed E-state index contributed by atoms with van der Waals surface area (Å²) in [5.74, 6) is -0.564. The Kier molecular flexibility index (Phi) is 65.1. The summed E-state index contributed by atoms with van der Waals surface area (Å²) in [6.07, 6.45) is 97.2. The minimum Gasteiger partial charge on any atom is -0.756 e. The summed E-state index contributed by atoms with van der Waals surface area (Å²) >= 11 is 0. The highest BCUT2D eigenvalue weighted by molar-refractivity contribution is 7.45. The predicted octanol–water partition coefficient (Wildman–Crippen LogP) is 23.3. The van der Waals surface area contributed by atoms with Crippen molar-refractivity contribution in [2.75, 3.05) is 40.9 Å². The maximum absolute atomic E-state index is 13.6. The van der Waals surface area contributed by atoms with Crippen LogP contribution in [0.25, 0.3) is 0 Å². The second kappa shape index (κ2) is 68.0. The van der Waals surface area contributed by atoms with Crippen LogP contribution in [0.1, 0.15) is 310 Å². The molecule has 0 rings (SSSR count). The zero-order chi connectivity index (χ0) is 65.6. The molecule has 3 atom stereocenters.